The lowest BCUT2D eigenvalue weighted by Gasteiger charge is -2.12. The molecule has 0 aliphatic heterocycles. The van der Waals surface area contributed by atoms with Gasteiger partial charge in [0.15, 0.2) is 10.8 Å². The molecule has 150 valence electrons. The third-order valence-electron chi connectivity index (χ3n) is 3.85. The second-order valence-electron chi connectivity index (χ2n) is 7.13. The Morgan fingerprint density at radius 2 is 2.11 bits per heavy atom. The molecule has 2 N–H and O–H groups in total. The predicted octanol–water partition coefficient (Wildman–Crippen LogP) is 3.89. The summed E-state index contributed by atoms with van der Waals surface area (Å²) in [7, 11) is 0. The smallest absolute Gasteiger partial charge is 0.261 e. The lowest BCUT2D eigenvalue weighted by Crippen LogP contribution is -2.26. The van der Waals surface area contributed by atoms with Crippen LogP contribution in [0.1, 0.15) is 37.4 Å². The van der Waals surface area contributed by atoms with Crippen LogP contribution in [0.3, 0.4) is 0 Å². The summed E-state index contributed by atoms with van der Waals surface area (Å²) >= 11 is 3.06. The van der Waals surface area contributed by atoms with Crippen molar-refractivity contribution >= 4 is 45.9 Å². The number of nitrogens with zero attached hydrogens (tertiary/aromatic N) is 4. The summed E-state index contributed by atoms with van der Waals surface area (Å²) in [6.07, 6.45) is 1.79. The van der Waals surface area contributed by atoms with Crippen LogP contribution in [0.5, 0.6) is 0 Å². The average Bonchev–Trinajstić information content (AvgIpc) is 3.29. The fraction of sp³-hybridized carbons (Fsp3) is 0.474. The number of amides is 1. The molecule has 0 aliphatic rings. The standard InChI is InChI=1S/C19H26N6OS2/c1-12(2)10-21-16-14-11-22-25(17(14)24-19(23-16)28-13(3)4)8-7-20-18(26)15-6-5-9-27-15/h5-6,9,11-13H,7-8,10H2,1-4H3,(H,20,26)(H,21,23,24). The van der Waals surface area contributed by atoms with E-state index in [4.69, 9.17) is 4.98 Å². The van der Waals surface area contributed by atoms with E-state index in [1.54, 1.807) is 18.0 Å². The first-order valence-electron chi connectivity index (χ1n) is 9.40. The Hall–Kier alpha value is -2.13. The van der Waals surface area contributed by atoms with E-state index in [0.717, 1.165) is 28.6 Å². The van der Waals surface area contributed by atoms with Gasteiger partial charge in [-0.25, -0.2) is 14.6 Å². The van der Waals surface area contributed by atoms with E-state index in [9.17, 15) is 4.79 Å². The Balaban J connectivity index is 1.78. The molecule has 0 bridgehead atoms. The zero-order valence-electron chi connectivity index (χ0n) is 16.6. The zero-order chi connectivity index (χ0) is 20.1. The molecule has 1 amide bonds. The number of rotatable bonds is 9. The molecule has 9 heteroatoms. The molecule has 0 aliphatic carbocycles. The molecular formula is C19H26N6OS2. The molecule has 0 fully saturated rings. The van der Waals surface area contributed by atoms with Gasteiger partial charge in [0.25, 0.3) is 5.91 Å². The maximum atomic E-state index is 12.1. The first-order valence-corrected chi connectivity index (χ1v) is 11.2. The van der Waals surface area contributed by atoms with Crippen molar-refractivity contribution in [2.75, 3.05) is 18.4 Å². The summed E-state index contributed by atoms with van der Waals surface area (Å²) < 4.78 is 1.83. The first kappa shape index (κ1) is 20.6. The molecule has 0 spiro atoms. The Morgan fingerprint density at radius 1 is 1.29 bits per heavy atom. The van der Waals surface area contributed by atoms with Gasteiger partial charge in [-0.1, -0.05) is 45.5 Å². The third kappa shape index (κ3) is 5.23. The normalized spacial score (nSPS) is 11.5. The van der Waals surface area contributed by atoms with Crippen LogP contribution >= 0.6 is 23.1 Å². The molecule has 0 saturated heterocycles. The van der Waals surface area contributed by atoms with Gasteiger partial charge < -0.3 is 10.6 Å². The molecule has 3 aromatic rings. The van der Waals surface area contributed by atoms with Crippen molar-refractivity contribution in [2.24, 2.45) is 5.92 Å². The average molecular weight is 419 g/mol. The summed E-state index contributed by atoms with van der Waals surface area (Å²) in [5, 5.41) is 14.8. The van der Waals surface area contributed by atoms with Gasteiger partial charge in [0, 0.05) is 18.3 Å². The minimum Gasteiger partial charge on any atom is -0.369 e. The summed E-state index contributed by atoms with van der Waals surface area (Å²) in [6, 6.07) is 3.69. The Kier molecular flexibility index (Phi) is 6.90. The molecular weight excluding hydrogens is 392 g/mol. The van der Waals surface area contributed by atoms with E-state index < -0.39 is 0 Å². The first-order chi connectivity index (χ1) is 13.4. The lowest BCUT2D eigenvalue weighted by atomic mass is 10.2. The molecule has 28 heavy (non-hydrogen) atoms. The van der Waals surface area contributed by atoms with Crippen LogP contribution < -0.4 is 10.6 Å². The molecule has 3 rings (SSSR count). The largest absolute Gasteiger partial charge is 0.369 e. The van der Waals surface area contributed by atoms with Gasteiger partial charge in [0.1, 0.15) is 5.82 Å². The second-order valence-corrected chi connectivity index (χ2v) is 9.63. The predicted molar refractivity (Wildman–Crippen MR) is 116 cm³/mol. The minimum absolute atomic E-state index is 0.0589. The minimum atomic E-state index is -0.0589. The third-order valence-corrected chi connectivity index (χ3v) is 5.58. The van der Waals surface area contributed by atoms with Gasteiger partial charge in [-0.3, -0.25) is 4.79 Å². The van der Waals surface area contributed by atoms with Crippen molar-refractivity contribution in [1.29, 1.82) is 0 Å². The highest BCUT2D eigenvalue weighted by Crippen LogP contribution is 2.26. The number of aromatic nitrogens is 4. The highest BCUT2D eigenvalue weighted by Gasteiger charge is 2.15. The zero-order valence-corrected chi connectivity index (χ0v) is 18.2. The van der Waals surface area contributed by atoms with Crippen molar-refractivity contribution in [1.82, 2.24) is 25.1 Å². The molecule has 0 aromatic carbocycles. The quantitative estimate of drug-likeness (QED) is 0.405. The number of hydrogen-bond acceptors (Lipinski definition) is 7. The van der Waals surface area contributed by atoms with Gasteiger partial charge in [-0.05, 0) is 17.4 Å². The number of hydrogen-bond donors (Lipinski definition) is 2. The lowest BCUT2D eigenvalue weighted by molar-refractivity contribution is 0.0956. The van der Waals surface area contributed by atoms with Gasteiger partial charge in [-0.15, -0.1) is 11.3 Å². The second kappa shape index (κ2) is 9.38. The van der Waals surface area contributed by atoms with E-state index in [0.29, 0.717) is 29.1 Å². The van der Waals surface area contributed by atoms with E-state index in [1.165, 1.54) is 11.3 Å². The molecule has 0 radical (unpaired) electrons. The Bertz CT molecular complexity index is 920. The van der Waals surface area contributed by atoms with E-state index in [-0.39, 0.29) is 5.91 Å². The van der Waals surface area contributed by atoms with Crippen LogP contribution in [0.2, 0.25) is 0 Å². The molecule has 3 heterocycles. The molecule has 3 aromatic heterocycles. The van der Waals surface area contributed by atoms with Crippen molar-refractivity contribution in [3.8, 4) is 0 Å². The summed E-state index contributed by atoms with van der Waals surface area (Å²) in [4.78, 5) is 22.2. The number of carbonyl (C=O) groups excluding carboxylic acids is 1. The van der Waals surface area contributed by atoms with E-state index >= 15 is 0 Å². The number of anilines is 1. The number of thiophene rings is 1. The Labute approximate surface area is 173 Å². The summed E-state index contributed by atoms with van der Waals surface area (Å²) in [5.41, 5.74) is 0.787. The Morgan fingerprint density at radius 3 is 2.79 bits per heavy atom. The van der Waals surface area contributed by atoms with Gasteiger partial charge in [0.05, 0.1) is 23.0 Å². The summed E-state index contributed by atoms with van der Waals surface area (Å²) in [6.45, 7) is 10.4. The van der Waals surface area contributed by atoms with Crippen LogP contribution in [0.25, 0.3) is 11.0 Å². The van der Waals surface area contributed by atoms with E-state index in [2.05, 4.69) is 48.4 Å². The molecule has 0 unspecified atom stereocenters. The van der Waals surface area contributed by atoms with E-state index in [1.807, 2.05) is 22.2 Å². The van der Waals surface area contributed by atoms with Crippen LogP contribution in [0, 0.1) is 5.92 Å². The maximum Gasteiger partial charge on any atom is 0.261 e. The fourth-order valence-corrected chi connectivity index (χ4v) is 3.91. The highest BCUT2D eigenvalue weighted by molar-refractivity contribution is 7.99. The van der Waals surface area contributed by atoms with Crippen molar-refractivity contribution in [2.45, 2.75) is 44.6 Å². The number of fused-ring (bicyclic) bond motifs is 1. The SMILES string of the molecule is CC(C)CNc1nc(SC(C)C)nc2c1cnn2CCNC(=O)c1cccs1. The molecule has 7 nitrogen and oxygen atoms in total. The van der Waals surface area contributed by atoms with Crippen molar-refractivity contribution in [3.05, 3.63) is 28.6 Å². The fourth-order valence-electron chi connectivity index (χ4n) is 2.57. The number of thioether (sulfide) groups is 1. The van der Waals surface area contributed by atoms with Crippen LogP contribution in [-0.4, -0.2) is 44.0 Å². The van der Waals surface area contributed by atoms with Crippen LogP contribution in [0.15, 0.2) is 28.9 Å². The van der Waals surface area contributed by atoms with Crippen molar-refractivity contribution < 1.29 is 4.79 Å². The summed E-state index contributed by atoms with van der Waals surface area (Å²) in [5.74, 6) is 1.26. The van der Waals surface area contributed by atoms with Crippen molar-refractivity contribution in [3.63, 3.8) is 0 Å². The highest BCUT2D eigenvalue weighted by atomic mass is 32.2. The van der Waals surface area contributed by atoms with Gasteiger partial charge in [0.2, 0.25) is 0 Å². The monoisotopic (exact) mass is 418 g/mol. The van der Waals surface area contributed by atoms with Crippen LogP contribution in [-0.2, 0) is 6.54 Å². The van der Waals surface area contributed by atoms with Crippen LogP contribution in [0.4, 0.5) is 5.82 Å². The van der Waals surface area contributed by atoms with Gasteiger partial charge >= 0.3 is 0 Å². The number of carbonyl (C=O) groups is 1. The molecule has 0 atom stereocenters. The maximum absolute atomic E-state index is 12.1. The molecule has 0 saturated carbocycles. The topological polar surface area (TPSA) is 84.7 Å². The van der Waals surface area contributed by atoms with Gasteiger partial charge in [-0.2, -0.15) is 5.10 Å². The number of nitrogens with one attached hydrogen (secondary N) is 2.